The van der Waals surface area contributed by atoms with Gasteiger partial charge in [0.05, 0.1) is 13.2 Å². The van der Waals surface area contributed by atoms with E-state index in [0.29, 0.717) is 6.61 Å². The second-order valence-corrected chi connectivity index (χ2v) is 2.23. The van der Waals surface area contributed by atoms with Crippen LogP contribution in [0.3, 0.4) is 0 Å². The van der Waals surface area contributed by atoms with Gasteiger partial charge in [0.15, 0.2) is 6.29 Å². The van der Waals surface area contributed by atoms with Crippen LogP contribution in [-0.4, -0.2) is 42.4 Å². The number of aliphatic hydroxyl groups excluding tert-OH is 2. The van der Waals surface area contributed by atoms with Crippen molar-refractivity contribution in [2.45, 2.75) is 19.3 Å². The Balaban J connectivity index is 3.49. The fraction of sp³-hybridized carbons (Fsp3) is 0.750. The first kappa shape index (κ1) is 11.6. The van der Waals surface area contributed by atoms with Crippen LogP contribution in [0.2, 0.25) is 0 Å². The zero-order valence-electron chi connectivity index (χ0n) is 7.27. The van der Waals surface area contributed by atoms with Crippen molar-refractivity contribution in [1.82, 2.24) is 0 Å². The monoisotopic (exact) mass is 176 g/mol. The molecule has 0 saturated carbocycles. The van der Waals surface area contributed by atoms with Gasteiger partial charge in [-0.1, -0.05) is 6.58 Å². The zero-order chi connectivity index (χ0) is 9.40. The molecule has 0 bridgehead atoms. The lowest BCUT2D eigenvalue weighted by molar-refractivity contribution is -0.130. The fourth-order valence-corrected chi connectivity index (χ4v) is 0.607. The molecule has 2 atom stereocenters. The average Bonchev–Trinajstić information content (AvgIpc) is 2.11. The Morgan fingerprint density at radius 2 is 2.17 bits per heavy atom. The predicted molar refractivity (Wildman–Crippen MR) is 44.7 cm³/mol. The van der Waals surface area contributed by atoms with E-state index in [1.165, 1.54) is 6.08 Å². The van der Waals surface area contributed by atoms with Gasteiger partial charge < -0.3 is 19.7 Å². The molecule has 0 aliphatic carbocycles. The van der Waals surface area contributed by atoms with Crippen molar-refractivity contribution < 1.29 is 19.7 Å². The smallest absolute Gasteiger partial charge is 0.176 e. The first-order valence-electron chi connectivity index (χ1n) is 3.89. The summed E-state index contributed by atoms with van der Waals surface area (Å²) in [6.07, 6.45) is 0.136. The molecular formula is C8H16O4. The van der Waals surface area contributed by atoms with E-state index in [-0.39, 0.29) is 13.2 Å². The van der Waals surface area contributed by atoms with Crippen molar-refractivity contribution in [2.75, 3.05) is 19.8 Å². The van der Waals surface area contributed by atoms with E-state index < -0.39 is 12.4 Å². The third-order valence-corrected chi connectivity index (χ3v) is 1.19. The third-order valence-electron chi connectivity index (χ3n) is 1.19. The quantitative estimate of drug-likeness (QED) is 0.420. The van der Waals surface area contributed by atoms with Crippen LogP contribution in [0.4, 0.5) is 0 Å². The third kappa shape index (κ3) is 5.26. The number of aliphatic hydroxyl groups is 2. The molecule has 0 aromatic carbocycles. The van der Waals surface area contributed by atoms with E-state index in [9.17, 15) is 0 Å². The van der Waals surface area contributed by atoms with Crippen molar-refractivity contribution in [1.29, 1.82) is 0 Å². The molecule has 0 saturated heterocycles. The van der Waals surface area contributed by atoms with Crippen LogP contribution in [0.25, 0.3) is 0 Å². The van der Waals surface area contributed by atoms with Crippen LogP contribution >= 0.6 is 0 Å². The van der Waals surface area contributed by atoms with Crippen molar-refractivity contribution in [2.24, 2.45) is 0 Å². The van der Waals surface area contributed by atoms with E-state index >= 15 is 0 Å². The minimum absolute atomic E-state index is 0.0488. The minimum Gasteiger partial charge on any atom is -0.394 e. The number of hydrogen-bond donors (Lipinski definition) is 2. The lowest BCUT2D eigenvalue weighted by atomic mass is 10.4. The van der Waals surface area contributed by atoms with Gasteiger partial charge in [-0.25, -0.2) is 0 Å². The van der Waals surface area contributed by atoms with Gasteiger partial charge in [0.1, 0.15) is 6.10 Å². The summed E-state index contributed by atoms with van der Waals surface area (Å²) in [5.74, 6) is 0. The van der Waals surface area contributed by atoms with E-state index in [2.05, 4.69) is 6.58 Å². The first-order chi connectivity index (χ1) is 5.74. The molecule has 0 aliphatic heterocycles. The zero-order valence-corrected chi connectivity index (χ0v) is 7.27. The van der Waals surface area contributed by atoms with Crippen LogP contribution in [0, 0.1) is 0 Å². The van der Waals surface area contributed by atoms with E-state index in [4.69, 9.17) is 19.7 Å². The summed E-state index contributed by atoms with van der Waals surface area (Å²) in [7, 11) is 0. The number of ether oxygens (including phenoxy) is 2. The predicted octanol–water partition coefficient (Wildman–Crippen LogP) is -0.0952. The van der Waals surface area contributed by atoms with Crippen molar-refractivity contribution in [3.8, 4) is 0 Å². The second kappa shape index (κ2) is 7.24. The van der Waals surface area contributed by atoms with Crippen molar-refractivity contribution in [3.05, 3.63) is 12.7 Å². The van der Waals surface area contributed by atoms with Gasteiger partial charge in [0.2, 0.25) is 0 Å². The highest BCUT2D eigenvalue weighted by Crippen LogP contribution is 1.97. The highest BCUT2D eigenvalue weighted by Gasteiger charge is 2.07. The molecule has 0 aliphatic rings. The molecule has 2 N–H and O–H groups in total. The lowest BCUT2D eigenvalue weighted by Gasteiger charge is -2.15. The molecule has 2 unspecified atom stereocenters. The maximum absolute atomic E-state index is 8.91. The molecule has 4 nitrogen and oxygen atoms in total. The average molecular weight is 176 g/mol. The highest BCUT2D eigenvalue weighted by atomic mass is 16.7. The molecule has 0 spiro atoms. The Labute approximate surface area is 72.4 Å². The molecule has 72 valence electrons. The Morgan fingerprint density at radius 3 is 2.58 bits per heavy atom. The molecule has 12 heavy (non-hydrogen) atoms. The largest absolute Gasteiger partial charge is 0.394 e. The maximum atomic E-state index is 8.91. The minimum atomic E-state index is -0.854. The van der Waals surface area contributed by atoms with E-state index in [1.54, 1.807) is 0 Å². The molecule has 0 heterocycles. The van der Waals surface area contributed by atoms with Crippen LogP contribution in [0.1, 0.15) is 6.92 Å². The summed E-state index contributed by atoms with van der Waals surface area (Å²) < 4.78 is 10.1. The first-order valence-corrected chi connectivity index (χ1v) is 3.89. The van der Waals surface area contributed by atoms with Gasteiger partial charge in [-0.05, 0) is 13.0 Å². The molecule has 0 aromatic heterocycles. The van der Waals surface area contributed by atoms with Gasteiger partial charge in [-0.2, -0.15) is 0 Å². The topological polar surface area (TPSA) is 58.9 Å². The van der Waals surface area contributed by atoms with Crippen LogP contribution < -0.4 is 0 Å². The second-order valence-electron chi connectivity index (χ2n) is 2.23. The van der Waals surface area contributed by atoms with Crippen LogP contribution in [-0.2, 0) is 9.47 Å². The standard InChI is InChI=1S/C8H16O4/c1-3-8(11-4-2)12-6-7(10)5-9/h3,7-10H,1,4-6H2,2H3. The van der Waals surface area contributed by atoms with Gasteiger partial charge >= 0.3 is 0 Å². The van der Waals surface area contributed by atoms with Crippen LogP contribution in [0.15, 0.2) is 12.7 Å². The lowest BCUT2D eigenvalue weighted by Crippen LogP contribution is -2.24. The van der Waals surface area contributed by atoms with E-state index in [1.807, 2.05) is 6.92 Å². The van der Waals surface area contributed by atoms with Gasteiger partial charge in [-0.15, -0.1) is 0 Å². The van der Waals surface area contributed by atoms with Gasteiger partial charge in [-0.3, -0.25) is 0 Å². The molecule has 4 heteroatoms. The van der Waals surface area contributed by atoms with Crippen molar-refractivity contribution in [3.63, 3.8) is 0 Å². The SMILES string of the molecule is C=CC(OCC)OCC(O)CO. The Bertz CT molecular complexity index is 116. The van der Waals surface area contributed by atoms with Gasteiger partial charge in [0.25, 0.3) is 0 Å². The summed E-state index contributed by atoms with van der Waals surface area (Å²) in [6.45, 7) is 5.58. The normalized spacial score (nSPS) is 15.6. The summed E-state index contributed by atoms with van der Waals surface area (Å²) in [6, 6.07) is 0. The molecular weight excluding hydrogens is 160 g/mol. The maximum Gasteiger partial charge on any atom is 0.176 e. The molecule has 0 fully saturated rings. The fourth-order valence-electron chi connectivity index (χ4n) is 0.607. The van der Waals surface area contributed by atoms with Crippen molar-refractivity contribution >= 4 is 0 Å². The molecule has 0 rings (SSSR count). The molecule has 0 amide bonds. The Kier molecular flexibility index (Phi) is 6.99. The number of rotatable bonds is 7. The summed E-state index contributed by atoms with van der Waals surface area (Å²) in [5.41, 5.74) is 0. The van der Waals surface area contributed by atoms with Gasteiger partial charge in [0, 0.05) is 6.61 Å². The molecule has 0 aromatic rings. The summed E-state index contributed by atoms with van der Waals surface area (Å²) in [5, 5.41) is 17.4. The Morgan fingerprint density at radius 1 is 1.50 bits per heavy atom. The number of hydrogen-bond acceptors (Lipinski definition) is 4. The Hall–Kier alpha value is -0.420. The molecule has 0 radical (unpaired) electrons. The van der Waals surface area contributed by atoms with Crippen LogP contribution in [0.5, 0.6) is 0 Å². The summed E-state index contributed by atoms with van der Waals surface area (Å²) >= 11 is 0. The summed E-state index contributed by atoms with van der Waals surface area (Å²) in [4.78, 5) is 0. The van der Waals surface area contributed by atoms with E-state index in [0.717, 1.165) is 0 Å². The highest BCUT2D eigenvalue weighted by molar-refractivity contribution is 4.72.